The van der Waals surface area contributed by atoms with Crippen LogP contribution in [0.4, 0.5) is 9.93 Å². The van der Waals surface area contributed by atoms with Crippen molar-refractivity contribution in [1.29, 1.82) is 0 Å². The van der Waals surface area contributed by atoms with Gasteiger partial charge in [-0.3, -0.25) is 5.32 Å². The van der Waals surface area contributed by atoms with Crippen molar-refractivity contribution in [2.75, 3.05) is 5.32 Å². The van der Waals surface area contributed by atoms with Crippen molar-refractivity contribution in [3.05, 3.63) is 65.3 Å². The first kappa shape index (κ1) is 17.7. The SMILES string of the molecule is CCCc1cc(-c2ccc(Cl)cc2)nn1C(=O)Nc1nc2ccccc2s1. The molecule has 5 nitrogen and oxygen atoms in total. The minimum absolute atomic E-state index is 0.308. The van der Waals surface area contributed by atoms with Crippen LogP contribution in [0.15, 0.2) is 54.6 Å². The second kappa shape index (κ2) is 7.50. The maximum Gasteiger partial charge on any atom is 0.348 e. The Hall–Kier alpha value is -2.70. The number of fused-ring (bicyclic) bond motifs is 1. The first-order valence-corrected chi connectivity index (χ1v) is 9.85. The van der Waals surface area contributed by atoms with Crippen molar-refractivity contribution in [3.63, 3.8) is 0 Å². The molecule has 0 bridgehead atoms. The van der Waals surface area contributed by atoms with Crippen molar-refractivity contribution in [3.8, 4) is 11.3 Å². The van der Waals surface area contributed by atoms with Crippen LogP contribution in [0.5, 0.6) is 0 Å². The molecule has 0 spiro atoms. The highest BCUT2D eigenvalue weighted by Crippen LogP contribution is 2.26. The molecule has 4 rings (SSSR count). The molecule has 1 amide bonds. The quantitative estimate of drug-likeness (QED) is 0.471. The van der Waals surface area contributed by atoms with Crippen LogP contribution in [0.2, 0.25) is 5.02 Å². The summed E-state index contributed by atoms with van der Waals surface area (Å²) in [7, 11) is 0. The summed E-state index contributed by atoms with van der Waals surface area (Å²) >= 11 is 7.41. The number of rotatable bonds is 4. The summed E-state index contributed by atoms with van der Waals surface area (Å²) < 4.78 is 2.46. The van der Waals surface area contributed by atoms with Crippen LogP contribution in [0.25, 0.3) is 21.5 Å². The summed E-state index contributed by atoms with van der Waals surface area (Å²) in [5.41, 5.74) is 3.40. The lowest BCUT2D eigenvalue weighted by atomic mass is 10.1. The molecular formula is C20H17ClN4OS. The van der Waals surface area contributed by atoms with Gasteiger partial charge in [0.25, 0.3) is 0 Å². The van der Waals surface area contributed by atoms with Gasteiger partial charge in [0, 0.05) is 16.3 Å². The lowest BCUT2D eigenvalue weighted by Gasteiger charge is -2.05. The lowest BCUT2D eigenvalue weighted by Crippen LogP contribution is -2.22. The van der Waals surface area contributed by atoms with Crippen LogP contribution in [0, 0.1) is 0 Å². The lowest BCUT2D eigenvalue weighted by molar-refractivity contribution is 0.250. The number of nitrogens with zero attached hydrogens (tertiary/aromatic N) is 3. The largest absolute Gasteiger partial charge is 0.348 e. The van der Waals surface area contributed by atoms with Gasteiger partial charge in [0.05, 0.1) is 15.9 Å². The maximum atomic E-state index is 12.8. The Bertz CT molecular complexity index is 1070. The van der Waals surface area contributed by atoms with E-state index in [1.165, 1.54) is 16.0 Å². The molecule has 0 unspecified atom stereocenters. The highest BCUT2D eigenvalue weighted by Gasteiger charge is 2.16. The normalized spacial score (nSPS) is 11.0. The van der Waals surface area contributed by atoms with Gasteiger partial charge in [-0.05, 0) is 36.8 Å². The number of halogens is 1. The number of aromatic nitrogens is 3. The molecule has 2 aromatic heterocycles. The average Bonchev–Trinajstić information content (AvgIpc) is 3.26. The minimum atomic E-state index is -0.308. The van der Waals surface area contributed by atoms with E-state index in [4.69, 9.17) is 11.6 Å². The maximum absolute atomic E-state index is 12.8. The van der Waals surface area contributed by atoms with E-state index in [1.807, 2.05) is 54.6 Å². The molecule has 0 fully saturated rings. The fraction of sp³-hybridized carbons (Fsp3) is 0.150. The van der Waals surface area contributed by atoms with Gasteiger partial charge in [0.2, 0.25) is 0 Å². The van der Waals surface area contributed by atoms with E-state index in [9.17, 15) is 4.79 Å². The number of anilines is 1. The van der Waals surface area contributed by atoms with Crippen LogP contribution in [0.3, 0.4) is 0 Å². The summed E-state index contributed by atoms with van der Waals surface area (Å²) in [6, 6.07) is 16.9. The molecule has 0 atom stereocenters. The smallest absolute Gasteiger partial charge is 0.282 e. The monoisotopic (exact) mass is 396 g/mol. The Morgan fingerprint density at radius 1 is 1.19 bits per heavy atom. The summed E-state index contributed by atoms with van der Waals surface area (Å²) in [4.78, 5) is 17.3. The zero-order valence-electron chi connectivity index (χ0n) is 14.6. The fourth-order valence-electron chi connectivity index (χ4n) is 2.86. The molecule has 0 aliphatic rings. The fourth-order valence-corrected chi connectivity index (χ4v) is 3.84. The van der Waals surface area contributed by atoms with Gasteiger partial charge in [-0.25, -0.2) is 9.78 Å². The van der Waals surface area contributed by atoms with E-state index < -0.39 is 0 Å². The van der Waals surface area contributed by atoms with E-state index in [0.29, 0.717) is 10.2 Å². The van der Waals surface area contributed by atoms with Gasteiger partial charge < -0.3 is 0 Å². The number of amides is 1. The van der Waals surface area contributed by atoms with Gasteiger partial charge >= 0.3 is 6.03 Å². The average molecular weight is 397 g/mol. The number of hydrogen-bond donors (Lipinski definition) is 1. The molecule has 136 valence electrons. The molecule has 0 saturated heterocycles. The Labute approximate surface area is 165 Å². The van der Waals surface area contributed by atoms with E-state index in [-0.39, 0.29) is 6.03 Å². The number of benzene rings is 2. The zero-order chi connectivity index (χ0) is 18.8. The molecule has 0 aliphatic carbocycles. The molecule has 27 heavy (non-hydrogen) atoms. The number of aryl methyl sites for hydroxylation is 1. The Morgan fingerprint density at radius 3 is 2.70 bits per heavy atom. The van der Waals surface area contributed by atoms with Crippen LogP contribution in [-0.4, -0.2) is 20.8 Å². The second-order valence-electron chi connectivity index (χ2n) is 6.11. The summed E-state index contributed by atoms with van der Waals surface area (Å²) in [6.07, 6.45) is 1.67. The molecule has 4 aromatic rings. The third-order valence-corrected chi connectivity index (χ3v) is 5.33. The van der Waals surface area contributed by atoms with Gasteiger partial charge in [-0.1, -0.05) is 60.5 Å². The molecule has 7 heteroatoms. The van der Waals surface area contributed by atoms with Crippen LogP contribution in [0.1, 0.15) is 19.0 Å². The molecule has 2 heterocycles. The van der Waals surface area contributed by atoms with Crippen molar-refractivity contribution in [1.82, 2.24) is 14.8 Å². The number of thiazole rings is 1. The standard InChI is InChI=1S/C20H17ClN4OS/c1-2-5-15-12-17(13-8-10-14(21)11-9-13)24-25(15)20(26)23-19-22-16-6-3-4-7-18(16)27-19/h3-4,6-12H,2,5H2,1H3,(H,22,23,26). The van der Waals surface area contributed by atoms with E-state index in [1.54, 1.807) is 0 Å². The van der Waals surface area contributed by atoms with E-state index in [2.05, 4.69) is 22.3 Å². The Balaban J connectivity index is 1.64. The minimum Gasteiger partial charge on any atom is -0.282 e. The van der Waals surface area contributed by atoms with Crippen LogP contribution in [-0.2, 0) is 6.42 Å². The van der Waals surface area contributed by atoms with Gasteiger partial charge in [-0.15, -0.1) is 0 Å². The topological polar surface area (TPSA) is 59.8 Å². The number of carbonyl (C=O) groups is 1. The van der Waals surface area contributed by atoms with Crippen molar-refractivity contribution < 1.29 is 4.79 Å². The number of para-hydroxylation sites is 1. The molecule has 2 aromatic carbocycles. The number of nitrogens with one attached hydrogen (secondary N) is 1. The van der Waals surface area contributed by atoms with Crippen molar-refractivity contribution >= 4 is 44.3 Å². The molecule has 0 saturated carbocycles. The predicted octanol–water partition coefficient (Wildman–Crippen LogP) is 5.85. The number of carbonyl (C=O) groups excluding carboxylic acids is 1. The zero-order valence-corrected chi connectivity index (χ0v) is 16.2. The molecule has 1 N–H and O–H groups in total. The third kappa shape index (κ3) is 3.72. The molecule has 0 radical (unpaired) electrons. The van der Waals surface area contributed by atoms with Gasteiger partial charge in [0.15, 0.2) is 5.13 Å². The highest BCUT2D eigenvalue weighted by molar-refractivity contribution is 7.22. The third-order valence-electron chi connectivity index (χ3n) is 4.13. The number of hydrogen-bond acceptors (Lipinski definition) is 4. The summed E-state index contributed by atoms with van der Waals surface area (Å²) in [5, 5.41) is 8.61. The Morgan fingerprint density at radius 2 is 1.96 bits per heavy atom. The first-order chi connectivity index (χ1) is 13.1. The van der Waals surface area contributed by atoms with Crippen LogP contribution >= 0.6 is 22.9 Å². The highest BCUT2D eigenvalue weighted by atomic mass is 35.5. The van der Waals surface area contributed by atoms with Crippen molar-refractivity contribution in [2.24, 2.45) is 0 Å². The first-order valence-electron chi connectivity index (χ1n) is 8.66. The van der Waals surface area contributed by atoms with E-state index in [0.717, 1.165) is 40.0 Å². The second-order valence-corrected chi connectivity index (χ2v) is 7.57. The summed E-state index contributed by atoms with van der Waals surface area (Å²) in [5.74, 6) is 0. The van der Waals surface area contributed by atoms with Gasteiger partial charge in [-0.2, -0.15) is 9.78 Å². The molecule has 0 aliphatic heterocycles. The van der Waals surface area contributed by atoms with E-state index >= 15 is 0 Å². The summed E-state index contributed by atoms with van der Waals surface area (Å²) in [6.45, 7) is 2.07. The predicted molar refractivity (Wildman–Crippen MR) is 111 cm³/mol. The van der Waals surface area contributed by atoms with Gasteiger partial charge in [0.1, 0.15) is 0 Å². The Kier molecular flexibility index (Phi) is 4.92. The van der Waals surface area contributed by atoms with Crippen molar-refractivity contribution in [2.45, 2.75) is 19.8 Å². The molecular weight excluding hydrogens is 380 g/mol. The van der Waals surface area contributed by atoms with Crippen LogP contribution < -0.4 is 5.32 Å².